The van der Waals surface area contributed by atoms with E-state index in [0.717, 1.165) is 8.87 Å². The fraction of sp³-hybridized carbons (Fsp3) is 1.00. The molecule has 0 atom stereocenters. The van der Waals surface area contributed by atoms with Crippen molar-refractivity contribution in [1.29, 1.82) is 0 Å². The Bertz CT molecular complexity index is 266. The molecule has 0 radical (unpaired) electrons. The minimum Gasteiger partial charge on any atom is -1.00 e. The number of hydrogen-bond acceptors (Lipinski definition) is 2. The van der Waals surface area contributed by atoms with E-state index < -0.39 is 35.3 Å². The van der Waals surface area contributed by atoms with Crippen LogP contribution in [0, 0.1) is 0 Å². The largest absolute Gasteiger partial charge is 1.00 e. The van der Waals surface area contributed by atoms with E-state index in [1.165, 1.54) is 60.2 Å². The number of rotatable bonds is 14. The molecule has 0 aromatic rings. The van der Waals surface area contributed by atoms with Crippen LogP contribution in [0.5, 0.6) is 0 Å². The van der Waals surface area contributed by atoms with Crippen molar-refractivity contribution in [1.82, 2.24) is 0 Å². The smallest absolute Gasteiger partial charge is 1.00 e. The maximum Gasteiger partial charge on any atom is 1.00 e. The Morgan fingerprint density at radius 2 is 0.893 bits per heavy atom. The van der Waals surface area contributed by atoms with Crippen molar-refractivity contribution in [3.8, 4) is 0 Å². The zero-order valence-corrected chi connectivity index (χ0v) is 32.6. The van der Waals surface area contributed by atoms with E-state index in [2.05, 4.69) is 27.7 Å². The molecule has 0 fully saturated rings. The molecule has 0 saturated heterocycles. The fourth-order valence-corrected chi connectivity index (χ4v) is 20.4. The molecule has 0 aromatic heterocycles. The third-order valence-electron chi connectivity index (χ3n) is 4.36. The first kappa shape index (κ1) is 46.1. The van der Waals surface area contributed by atoms with Crippen molar-refractivity contribution < 1.29 is 79.1 Å². The van der Waals surface area contributed by atoms with Gasteiger partial charge in [0, 0.05) is 0 Å². The first-order chi connectivity index (χ1) is 11.4. The van der Waals surface area contributed by atoms with Gasteiger partial charge in [-0.3, -0.25) is 0 Å². The van der Waals surface area contributed by atoms with Crippen LogP contribution in [0.1, 0.15) is 80.5 Å². The molecule has 0 saturated carbocycles. The zero-order chi connectivity index (χ0) is 18.9. The monoisotopic (exact) mass is 718 g/mol. The normalized spacial score (nSPS) is 10.3. The van der Waals surface area contributed by atoms with Gasteiger partial charge in [0.25, 0.3) is 0 Å². The fourth-order valence-electron chi connectivity index (χ4n) is 2.50. The molecule has 0 aliphatic carbocycles. The first-order valence-electron chi connectivity index (χ1n) is 9.85. The van der Waals surface area contributed by atoms with Crippen LogP contribution >= 0.6 is 30.2 Å². The number of halogens is 4. The molecule has 0 unspecified atom stereocenters. The Labute approximate surface area is 251 Å². The summed E-state index contributed by atoms with van der Waals surface area (Å²) < 4.78 is 16.1. The SMILES string of the molecule is CCC[CH2][Sn]([CH2]CCC)([O]C)[O]C.CCC[CH2][Sn]([Cl])([Cl])[CH2]CCC.Cl.[Cl-].[H-].[Na+].[Na+]. The van der Waals surface area contributed by atoms with Gasteiger partial charge in [-0.25, -0.2) is 0 Å². The van der Waals surface area contributed by atoms with Gasteiger partial charge in [-0.05, 0) is 0 Å². The van der Waals surface area contributed by atoms with Crippen LogP contribution in [-0.2, 0) is 6.15 Å². The molecular weight excluding hydrogens is 673 g/mol. The average Bonchev–Trinajstić information content (AvgIpc) is 2.60. The second kappa shape index (κ2) is 31.7. The van der Waals surface area contributed by atoms with Crippen molar-refractivity contribution in [3.05, 3.63) is 0 Å². The summed E-state index contributed by atoms with van der Waals surface area (Å²) in [5.74, 6) is 0. The molecule has 0 aliphatic heterocycles. The van der Waals surface area contributed by atoms with Gasteiger partial charge in [0.15, 0.2) is 0 Å². The number of hydrogen-bond donors (Lipinski definition) is 0. The van der Waals surface area contributed by atoms with E-state index in [9.17, 15) is 0 Å². The Kier molecular flexibility index (Phi) is 52.1. The Morgan fingerprint density at radius 1 is 0.643 bits per heavy atom. The van der Waals surface area contributed by atoms with Crippen molar-refractivity contribution in [2.24, 2.45) is 0 Å². The van der Waals surface area contributed by atoms with Crippen LogP contribution in [-0.4, -0.2) is 49.5 Å². The van der Waals surface area contributed by atoms with Gasteiger partial charge in [-0.2, -0.15) is 0 Å². The van der Waals surface area contributed by atoms with Crippen LogP contribution in [0.2, 0.25) is 17.7 Å². The van der Waals surface area contributed by atoms with Gasteiger partial charge in [-0.1, -0.05) is 0 Å². The maximum atomic E-state index is 6.27. The van der Waals surface area contributed by atoms with Crippen LogP contribution in [0.3, 0.4) is 0 Å². The van der Waals surface area contributed by atoms with Crippen LogP contribution in [0.4, 0.5) is 0 Å². The molecule has 0 bridgehead atoms. The first-order valence-corrected chi connectivity index (χ1v) is 27.5. The molecule has 10 heteroatoms. The van der Waals surface area contributed by atoms with Crippen molar-refractivity contribution in [3.63, 3.8) is 0 Å². The summed E-state index contributed by atoms with van der Waals surface area (Å²) in [6.45, 7) is 8.83. The summed E-state index contributed by atoms with van der Waals surface area (Å²) >= 11 is -5.03. The van der Waals surface area contributed by atoms with E-state index in [1.807, 2.05) is 14.2 Å². The quantitative estimate of drug-likeness (QED) is 0.223. The predicted octanol–water partition coefficient (Wildman–Crippen LogP) is -0.626. The topological polar surface area (TPSA) is 18.5 Å². The van der Waals surface area contributed by atoms with Crippen molar-refractivity contribution in [2.75, 3.05) is 14.2 Å². The Hall–Kier alpha value is 4.68. The molecule has 2 nitrogen and oxygen atoms in total. The molecule has 0 N–H and O–H groups in total. The summed E-state index contributed by atoms with van der Waals surface area (Å²) in [7, 11) is 16.2. The molecule has 0 amide bonds. The van der Waals surface area contributed by atoms with E-state index in [1.54, 1.807) is 0 Å². The minimum absolute atomic E-state index is 0. The molecular formula is C18H44Cl4Na2O2Sn2. The zero-order valence-electron chi connectivity index (χ0n) is 20.8. The van der Waals surface area contributed by atoms with Crippen LogP contribution in [0.25, 0.3) is 0 Å². The maximum absolute atomic E-state index is 6.27. The van der Waals surface area contributed by atoms with Crippen molar-refractivity contribution >= 4 is 65.6 Å². The minimum atomic E-state index is -2.54. The molecule has 0 heterocycles. The van der Waals surface area contributed by atoms with E-state index in [4.69, 9.17) is 24.0 Å². The average molecular weight is 718 g/mol. The summed E-state index contributed by atoms with van der Waals surface area (Å²) in [4.78, 5) is 0. The van der Waals surface area contributed by atoms with Crippen molar-refractivity contribution in [2.45, 2.75) is 96.8 Å². The molecule has 0 aromatic carbocycles. The van der Waals surface area contributed by atoms with Gasteiger partial charge in [0.1, 0.15) is 0 Å². The van der Waals surface area contributed by atoms with E-state index in [0.29, 0.717) is 0 Å². The summed E-state index contributed by atoms with van der Waals surface area (Å²) in [5.41, 5.74) is 0. The van der Waals surface area contributed by atoms with Crippen LogP contribution < -0.4 is 71.5 Å². The van der Waals surface area contributed by atoms with Gasteiger partial charge >= 0.3 is 229 Å². The predicted molar refractivity (Wildman–Crippen MR) is 124 cm³/mol. The van der Waals surface area contributed by atoms with Crippen LogP contribution in [0.15, 0.2) is 0 Å². The van der Waals surface area contributed by atoms with Gasteiger partial charge in [-0.15, -0.1) is 12.4 Å². The van der Waals surface area contributed by atoms with E-state index >= 15 is 0 Å². The van der Waals surface area contributed by atoms with E-state index in [-0.39, 0.29) is 85.4 Å². The third-order valence-corrected chi connectivity index (χ3v) is 26.2. The third kappa shape index (κ3) is 28.7. The molecule has 0 rings (SSSR count). The second-order valence-corrected chi connectivity index (χ2v) is 35.7. The second-order valence-electron chi connectivity index (χ2n) is 6.59. The Balaban J connectivity index is -0.0000000574. The Morgan fingerprint density at radius 3 is 1.11 bits per heavy atom. The summed E-state index contributed by atoms with van der Waals surface area (Å²) in [6, 6.07) is 0. The number of unbranched alkanes of at least 4 members (excludes halogenated alkanes) is 4. The standard InChI is InChI=1S/4C4H9.2CH3O.4ClH.2Na.2Sn.H/c4*1-3-4-2;2*1-2;;;;;;;;;/h4*1,3-4H2,2H3;2*1H3;4*1H;;;;;/q;;;;2*-1;;;;;2*+1;2*+2;-1/p-3. The molecule has 0 spiro atoms. The molecule has 0 aliphatic rings. The summed E-state index contributed by atoms with van der Waals surface area (Å²) in [6.07, 6.45) is 9.94. The van der Waals surface area contributed by atoms with Gasteiger partial charge < -0.3 is 13.8 Å². The summed E-state index contributed by atoms with van der Waals surface area (Å²) in [5, 5.41) is 0. The molecule has 28 heavy (non-hydrogen) atoms. The van der Waals surface area contributed by atoms with Gasteiger partial charge in [0.05, 0.1) is 0 Å². The molecule has 166 valence electrons. The van der Waals surface area contributed by atoms with Gasteiger partial charge in [0.2, 0.25) is 0 Å².